The molecule has 1 unspecified atom stereocenters. The van der Waals surface area contributed by atoms with E-state index in [9.17, 15) is 14.4 Å². The highest BCUT2D eigenvalue weighted by Gasteiger charge is 2.40. The largest absolute Gasteiger partial charge is 0.383 e. The van der Waals surface area contributed by atoms with Gasteiger partial charge in [0.1, 0.15) is 11.1 Å². The third kappa shape index (κ3) is 2.78. The summed E-state index contributed by atoms with van der Waals surface area (Å²) >= 11 is 1.05. The molecular formula is C11H14N4O3S. The van der Waals surface area contributed by atoms with Gasteiger partial charge < -0.3 is 10.7 Å². The first kappa shape index (κ1) is 13.6. The first-order valence-corrected chi connectivity index (χ1v) is 6.66. The van der Waals surface area contributed by atoms with Gasteiger partial charge in [-0.2, -0.15) is 0 Å². The van der Waals surface area contributed by atoms with E-state index in [2.05, 4.69) is 9.97 Å². The summed E-state index contributed by atoms with van der Waals surface area (Å²) in [6.07, 6.45) is 0.111. The molecule has 1 aliphatic heterocycles. The van der Waals surface area contributed by atoms with Crippen molar-refractivity contribution in [2.24, 2.45) is 0 Å². The van der Waals surface area contributed by atoms with Crippen molar-refractivity contribution in [2.75, 3.05) is 5.73 Å². The molecule has 1 aromatic heterocycles. The molecule has 2 heterocycles. The maximum Gasteiger partial charge on any atom is 0.253 e. The Kier molecular flexibility index (Phi) is 3.61. The van der Waals surface area contributed by atoms with E-state index in [0.717, 1.165) is 17.8 Å². The number of aromatic nitrogens is 2. The number of carbonyl (C=O) groups is 2. The van der Waals surface area contributed by atoms with Crippen LogP contribution in [0.2, 0.25) is 0 Å². The molecule has 2 rings (SSSR count). The normalized spacial score (nSPS) is 19.5. The van der Waals surface area contributed by atoms with Crippen molar-refractivity contribution in [1.82, 2.24) is 14.9 Å². The molecule has 0 spiro atoms. The molecule has 102 valence electrons. The highest BCUT2D eigenvalue weighted by Crippen LogP contribution is 2.30. The zero-order chi connectivity index (χ0) is 14.2. The van der Waals surface area contributed by atoms with Crippen LogP contribution in [0.3, 0.4) is 0 Å². The number of nitrogens with one attached hydrogen (secondary N) is 1. The molecule has 2 amide bonds. The summed E-state index contributed by atoms with van der Waals surface area (Å²) in [5.74, 6) is -0.373. The molecule has 0 bridgehead atoms. The van der Waals surface area contributed by atoms with Crippen molar-refractivity contribution < 1.29 is 9.59 Å². The van der Waals surface area contributed by atoms with Crippen LogP contribution in [-0.4, -0.2) is 38.0 Å². The van der Waals surface area contributed by atoms with Crippen molar-refractivity contribution >= 4 is 29.4 Å². The first-order chi connectivity index (χ1) is 8.88. The van der Waals surface area contributed by atoms with Gasteiger partial charge in [0.15, 0.2) is 5.16 Å². The Morgan fingerprint density at radius 2 is 2.16 bits per heavy atom. The van der Waals surface area contributed by atoms with Crippen LogP contribution in [0.5, 0.6) is 0 Å². The third-order valence-corrected chi connectivity index (χ3v) is 3.72. The molecule has 0 radical (unpaired) electrons. The zero-order valence-electron chi connectivity index (χ0n) is 10.5. The van der Waals surface area contributed by atoms with Gasteiger partial charge in [-0.05, 0) is 13.8 Å². The Morgan fingerprint density at radius 3 is 2.68 bits per heavy atom. The standard InChI is InChI=1S/C11H14N4O3S/c1-5(2)15-9(17)3-6(10(15)18)19-11-13-7(12)4-8(16)14-11/h4-6H,3H2,1-2H3,(H3,12,13,14,16). The van der Waals surface area contributed by atoms with Gasteiger partial charge in [0.05, 0.1) is 0 Å². The third-order valence-electron chi connectivity index (χ3n) is 2.65. The fourth-order valence-electron chi connectivity index (χ4n) is 1.90. The summed E-state index contributed by atoms with van der Waals surface area (Å²) in [5.41, 5.74) is 5.08. The summed E-state index contributed by atoms with van der Waals surface area (Å²) in [5, 5.41) is -0.304. The number of imide groups is 1. The molecule has 7 nitrogen and oxygen atoms in total. The maximum absolute atomic E-state index is 12.1. The Bertz CT molecular complexity index is 584. The van der Waals surface area contributed by atoms with E-state index in [-0.39, 0.29) is 40.8 Å². The topological polar surface area (TPSA) is 109 Å². The second-order valence-corrected chi connectivity index (χ2v) is 5.67. The van der Waals surface area contributed by atoms with E-state index in [0.29, 0.717) is 0 Å². The number of H-pyrrole nitrogens is 1. The highest BCUT2D eigenvalue weighted by atomic mass is 32.2. The number of nitrogen functional groups attached to an aromatic ring is 1. The summed E-state index contributed by atoms with van der Waals surface area (Å²) in [4.78, 5) is 42.7. The fraction of sp³-hybridized carbons (Fsp3) is 0.455. The summed E-state index contributed by atoms with van der Waals surface area (Å²) in [6, 6.07) is 0.991. The van der Waals surface area contributed by atoms with E-state index < -0.39 is 5.25 Å². The number of thioether (sulfide) groups is 1. The number of nitrogens with two attached hydrogens (primary N) is 1. The number of aromatic amines is 1. The lowest BCUT2D eigenvalue weighted by atomic mass is 10.3. The van der Waals surface area contributed by atoms with Gasteiger partial charge in [-0.1, -0.05) is 11.8 Å². The molecule has 1 aromatic rings. The van der Waals surface area contributed by atoms with Crippen LogP contribution in [-0.2, 0) is 9.59 Å². The monoisotopic (exact) mass is 282 g/mol. The van der Waals surface area contributed by atoms with Gasteiger partial charge in [0, 0.05) is 18.5 Å². The van der Waals surface area contributed by atoms with E-state index in [4.69, 9.17) is 5.73 Å². The molecule has 0 aliphatic carbocycles. The van der Waals surface area contributed by atoms with Gasteiger partial charge in [0.25, 0.3) is 5.56 Å². The van der Waals surface area contributed by atoms with Gasteiger partial charge >= 0.3 is 0 Å². The van der Waals surface area contributed by atoms with E-state index in [1.807, 2.05) is 0 Å². The molecule has 1 atom stereocenters. The molecule has 0 saturated carbocycles. The summed E-state index contributed by atoms with van der Waals surface area (Å²) in [7, 11) is 0. The minimum Gasteiger partial charge on any atom is -0.383 e. The fourth-order valence-corrected chi connectivity index (χ4v) is 2.93. The Balaban J connectivity index is 2.19. The maximum atomic E-state index is 12.1. The van der Waals surface area contributed by atoms with Gasteiger partial charge in [0.2, 0.25) is 11.8 Å². The lowest BCUT2D eigenvalue weighted by Gasteiger charge is -2.18. The SMILES string of the molecule is CC(C)N1C(=O)CC(Sc2nc(N)cc(=O)[nH]2)C1=O. The number of carbonyl (C=O) groups excluding carboxylic acids is 2. The predicted molar refractivity (Wildman–Crippen MR) is 70.5 cm³/mol. The van der Waals surface area contributed by atoms with Gasteiger partial charge in [-0.15, -0.1) is 0 Å². The number of hydrogen-bond acceptors (Lipinski definition) is 6. The Labute approximate surface area is 113 Å². The van der Waals surface area contributed by atoms with Crippen LogP contribution in [0, 0.1) is 0 Å². The Morgan fingerprint density at radius 1 is 1.47 bits per heavy atom. The summed E-state index contributed by atoms with van der Waals surface area (Å²) < 4.78 is 0. The second-order valence-electron chi connectivity index (χ2n) is 4.48. The minimum atomic E-state index is -0.556. The molecule has 8 heteroatoms. The number of hydrogen-bond donors (Lipinski definition) is 2. The lowest BCUT2D eigenvalue weighted by Crippen LogP contribution is -2.37. The van der Waals surface area contributed by atoms with Crippen LogP contribution < -0.4 is 11.3 Å². The molecule has 3 N–H and O–H groups in total. The van der Waals surface area contributed by atoms with E-state index in [1.54, 1.807) is 13.8 Å². The molecule has 0 aromatic carbocycles. The molecule has 19 heavy (non-hydrogen) atoms. The number of likely N-dealkylation sites (tertiary alicyclic amines) is 1. The summed E-state index contributed by atoms with van der Waals surface area (Å²) in [6.45, 7) is 3.56. The van der Waals surface area contributed by atoms with Crippen molar-refractivity contribution in [2.45, 2.75) is 36.7 Å². The zero-order valence-corrected chi connectivity index (χ0v) is 11.4. The average molecular weight is 282 g/mol. The van der Waals surface area contributed by atoms with Crippen molar-refractivity contribution in [3.05, 3.63) is 16.4 Å². The highest BCUT2D eigenvalue weighted by molar-refractivity contribution is 8.00. The molecule has 1 aliphatic rings. The molecular weight excluding hydrogens is 268 g/mol. The van der Waals surface area contributed by atoms with Crippen LogP contribution in [0.25, 0.3) is 0 Å². The van der Waals surface area contributed by atoms with Crippen molar-refractivity contribution in [1.29, 1.82) is 0 Å². The van der Waals surface area contributed by atoms with E-state index >= 15 is 0 Å². The minimum absolute atomic E-state index is 0.0868. The quantitative estimate of drug-likeness (QED) is 0.595. The van der Waals surface area contributed by atoms with Gasteiger partial charge in [-0.3, -0.25) is 19.3 Å². The number of rotatable bonds is 3. The van der Waals surface area contributed by atoms with Gasteiger partial charge in [-0.25, -0.2) is 4.98 Å². The van der Waals surface area contributed by atoms with Crippen molar-refractivity contribution in [3.8, 4) is 0 Å². The second kappa shape index (κ2) is 5.04. The first-order valence-electron chi connectivity index (χ1n) is 5.78. The molecule has 1 fully saturated rings. The van der Waals surface area contributed by atoms with Crippen LogP contribution in [0.1, 0.15) is 20.3 Å². The van der Waals surface area contributed by atoms with Crippen LogP contribution in [0.4, 0.5) is 5.82 Å². The van der Waals surface area contributed by atoms with E-state index in [1.165, 1.54) is 4.90 Å². The van der Waals surface area contributed by atoms with Crippen LogP contribution in [0.15, 0.2) is 16.0 Å². The predicted octanol–water partition coefficient (Wildman–Crippen LogP) is -0.0199. The lowest BCUT2D eigenvalue weighted by molar-refractivity contribution is -0.140. The smallest absolute Gasteiger partial charge is 0.253 e. The Hall–Kier alpha value is -1.83. The number of amides is 2. The average Bonchev–Trinajstić information content (AvgIpc) is 2.52. The molecule has 1 saturated heterocycles. The number of nitrogens with zero attached hydrogens (tertiary/aromatic N) is 2. The van der Waals surface area contributed by atoms with Crippen molar-refractivity contribution in [3.63, 3.8) is 0 Å². The van der Waals surface area contributed by atoms with Crippen LogP contribution >= 0.6 is 11.8 Å². The number of anilines is 1.